The molecule has 1 aromatic heterocycles. The first-order chi connectivity index (χ1) is 12.1. The molecule has 132 valence electrons. The van der Waals surface area contributed by atoms with E-state index in [1.165, 1.54) is 12.8 Å². The number of aromatic nitrogens is 2. The van der Waals surface area contributed by atoms with Crippen LogP contribution in [0.4, 0.5) is 11.6 Å². The molecule has 2 fully saturated rings. The molecule has 0 radical (unpaired) electrons. The van der Waals surface area contributed by atoms with Gasteiger partial charge in [-0.1, -0.05) is 35.3 Å². The van der Waals surface area contributed by atoms with E-state index < -0.39 is 0 Å². The minimum atomic E-state index is 0.374. The Morgan fingerprint density at radius 2 is 1.88 bits per heavy atom. The quantitative estimate of drug-likeness (QED) is 0.855. The average molecular weight is 378 g/mol. The van der Waals surface area contributed by atoms with E-state index in [4.69, 9.17) is 34.7 Å². The lowest BCUT2D eigenvalue weighted by molar-refractivity contribution is 0.494. The SMILES string of the molecule is NC[C@H]1C[C@@H]2CN(c3cnc(-c4cccc(Cl)c4Cl)c(N)n3)C[C@@H]2C1. The molecule has 1 saturated carbocycles. The zero-order valence-corrected chi connectivity index (χ0v) is 15.3. The number of benzene rings is 1. The fraction of sp³-hybridized carbons (Fsp3) is 0.444. The number of anilines is 2. The number of fused-ring (bicyclic) bond motifs is 1. The van der Waals surface area contributed by atoms with Crippen molar-refractivity contribution in [2.75, 3.05) is 30.3 Å². The van der Waals surface area contributed by atoms with E-state index in [9.17, 15) is 0 Å². The summed E-state index contributed by atoms with van der Waals surface area (Å²) in [7, 11) is 0. The van der Waals surface area contributed by atoms with Crippen molar-refractivity contribution in [1.82, 2.24) is 9.97 Å². The zero-order chi connectivity index (χ0) is 17.6. The van der Waals surface area contributed by atoms with E-state index in [0.717, 1.165) is 25.5 Å². The molecule has 2 heterocycles. The molecule has 0 spiro atoms. The molecule has 2 aliphatic rings. The molecular formula is C18H21Cl2N5. The van der Waals surface area contributed by atoms with Crippen LogP contribution in [0.15, 0.2) is 24.4 Å². The van der Waals surface area contributed by atoms with Gasteiger partial charge in [0, 0.05) is 18.7 Å². The Hall–Kier alpha value is -1.56. The Morgan fingerprint density at radius 1 is 1.16 bits per heavy atom. The molecule has 0 amide bonds. The maximum atomic E-state index is 6.28. The van der Waals surface area contributed by atoms with Crippen molar-refractivity contribution in [2.24, 2.45) is 23.5 Å². The van der Waals surface area contributed by atoms with E-state index >= 15 is 0 Å². The second-order valence-corrected chi connectivity index (χ2v) is 7.85. The smallest absolute Gasteiger partial charge is 0.152 e. The second kappa shape index (κ2) is 6.63. The molecule has 1 aliphatic heterocycles. The van der Waals surface area contributed by atoms with Crippen molar-refractivity contribution >= 4 is 34.8 Å². The highest BCUT2D eigenvalue weighted by Crippen LogP contribution is 2.42. The Labute approximate surface area is 157 Å². The molecule has 4 N–H and O–H groups in total. The van der Waals surface area contributed by atoms with Crippen molar-refractivity contribution in [1.29, 1.82) is 0 Å². The number of hydrogen-bond donors (Lipinski definition) is 2. The molecule has 1 aliphatic carbocycles. The number of halogens is 2. The largest absolute Gasteiger partial charge is 0.382 e. The Bertz CT molecular complexity index is 783. The lowest BCUT2D eigenvalue weighted by Crippen LogP contribution is -2.24. The summed E-state index contributed by atoms with van der Waals surface area (Å²) < 4.78 is 0. The van der Waals surface area contributed by atoms with Crippen LogP contribution >= 0.6 is 23.2 Å². The number of nitrogen functional groups attached to an aromatic ring is 1. The van der Waals surface area contributed by atoms with E-state index in [2.05, 4.69) is 14.9 Å². The summed E-state index contributed by atoms with van der Waals surface area (Å²) in [4.78, 5) is 11.4. The van der Waals surface area contributed by atoms with Crippen LogP contribution in [0.1, 0.15) is 12.8 Å². The molecular weight excluding hydrogens is 357 g/mol. The fourth-order valence-corrected chi connectivity index (χ4v) is 4.64. The first kappa shape index (κ1) is 16.9. The molecule has 5 nitrogen and oxygen atoms in total. The third kappa shape index (κ3) is 3.05. The number of nitrogens with zero attached hydrogens (tertiary/aromatic N) is 3. The number of rotatable bonds is 3. The van der Waals surface area contributed by atoms with Crippen LogP contribution in [-0.2, 0) is 0 Å². The summed E-state index contributed by atoms with van der Waals surface area (Å²) in [6, 6.07) is 5.42. The van der Waals surface area contributed by atoms with Crippen LogP contribution in [0.25, 0.3) is 11.3 Å². The maximum Gasteiger partial charge on any atom is 0.152 e. The van der Waals surface area contributed by atoms with Gasteiger partial charge >= 0.3 is 0 Å². The van der Waals surface area contributed by atoms with Gasteiger partial charge in [-0.3, -0.25) is 0 Å². The summed E-state index contributed by atoms with van der Waals surface area (Å²) in [5, 5.41) is 0.924. The van der Waals surface area contributed by atoms with E-state index in [1.807, 2.05) is 12.1 Å². The predicted molar refractivity (Wildman–Crippen MR) is 103 cm³/mol. The van der Waals surface area contributed by atoms with Crippen molar-refractivity contribution in [3.8, 4) is 11.3 Å². The number of hydrogen-bond acceptors (Lipinski definition) is 5. The molecule has 1 aromatic carbocycles. The van der Waals surface area contributed by atoms with Crippen LogP contribution in [0.3, 0.4) is 0 Å². The lowest BCUT2D eigenvalue weighted by Gasteiger charge is -2.20. The normalized spacial score (nSPS) is 25.4. The first-order valence-electron chi connectivity index (χ1n) is 8.58. The molecule has 4 rings (SSSR count). The highest BCUT2D eigenvalue weighted by atomic mass is 35.5. The third-order valence-corrected chi connectivity index (χ3v) is 6.32. The molecule has 1 saturated heterocycles. The molecule has 7 heteroatoms. The van der Waals surface area contributed by atoms with Gasteiger partial charge in [-0.05, 0) is 43.2 Å². The topological polar surface area (TPSA) is 81.1 Å². The summed E-state index contributed by atoms with van der Waals surface area (Å²) in [6.45, 7) is 2.81. The maximum absolute atomic E-state index is 6.28. The molecule has 3 atom stereocenters. The monoisotopic (exact) mass is 377 g/mol. The van der Waals surface area contributed by atoms with Gasteiger partial charge in [-0.2, -0.15) is 0 Å². The van der Waals surface area contributed by atoms with Gasteiger partial charge in [0.05, 0.1) is 16.2 Å². The van der Waals surface area contributed by atoms with Gasteiger partial charge in [0.1, 0.15) is 11.5 Å². The van der Waals surface area contributed by atoms with Gasteiger partial charge in [-0.25, -0.2) is 9.97 Å². The van der Waals surface area contributed by atoms with E-state index in [-0.39, 0.29) is 0 Å². The highest BCUT2D eigenvalue weighted by Gasteiger charge is 2.40. The summed E-state index contributed by atoms with van der Waals surface area (Å²) in [5.74, 6) is 3.30. The van der Waals surface area contributed by atoms with Crippen LogP contribution in [0, 0.1) is 17.8 Å². The van der Waals surface area contributed by atoms with Crippen molar-refractivity contribution in [3.05, 3.63) is 34.4 Å². The predicted octanol–water partition coefficient (Wildman–Crippen LogP) is 3.45. The Balaban J connectivity index is 1.56. The molecule has 0 unspecified atom stereocenters. The van der Waals surface area contributed by atoms with Crippen LogP contribution < -0.4 is 16.4 Å². The van der Waals surface area contributed by atoms with Crippen molar-refractivity contribution in [3.63, 3.8) is 0 Å². The first-order valence-corrected chi connectivity index (χ1v) is 9.34. The minimum Gasteiger partial charge on any atom is -0.382 e. The zero-order valence-electron chi connectivity index (χ0n) is 13.8. The summed E-state index contributed by atoms with van der Waals surface area (Å²) in [5.41, 5.74) is 13.3. The van der Waals surface area contributed by atoms with Crippen molar-refractivity contribution in [2.45, 2.75) is 12.8 Å². The lowest BCUT2D eigenvalue weighted by atomic mass is 10.0. The summed E-state index contributed by atoms with van der Waals surface area (Å²) in [6.07, 6.45) is 4.22. The van der Waals surface area contributed by atoms with Crippen LogP contribution in [-0.4, -0.2) is 29.6 Å². The second-order valence-electron chi connectivity index (χ2n) is 7.06. The van der Waals surface area contributed by atoms with Crippen LogP contribution in [0.2, 0.25) is 10.0 Å². The Kier molecular flexibility index (Phi) is 4.48. The minimum absolute atomic E-state index is 0.374. The Morgan fingerprint density at radius 3 is 2.52 bits per heavy atom. The average Bonchev–Trinajstić information content (AvgIpc) is 3.16. The van der Waals surface area contributed by atoms with E-state index in [1.54, 1.807) is 12.3 Å². The summed E-state index contributed by atoms with van der Waals surface area (Å²) >= 11 is 12.4. The van der Waals surface area contributed by atoms with Gasteiger partial charge < -0.3 is 16.4 Å². The standard InChI is InChI=1S/C18H21Cl2N5/c19-14-3-1-2-13(16(14)20)17-18(22)24-15(7-23-17)25-8-11-4-10(6-21)5-12(11)9-25/h1-3,7,10-12H,4-6,8-9,21H2,(H2,22,24)/t10-,11+,12-. The number of nitrogens with two attached hydrogens (primary N) is 2. The van der Waals surface area contributed by atoms with E-state index in [0.29, 0.717) is 44.9 Å². The van der Waals surface area contributed by atoms with Crippen LogP contribution in [0.5, 0.6) is 0 Å². The molecule has 2 aromatic rings. The fourth-order valence-electron chi connectivity index (χ4n) is 4.25. The van der Waals surface area contributed by atoms with Gasteiger partial charge in [-0.15, -0.1) is 0 Å². The van der Waals surface area contributed by atoms with Gasteiger partial charge in [0.15, 0.2) is 5.82 Å². The highest BCUT2D eigenvalue weighted by molar-refractivity contribution is 6.43. The van der Waals surface area contributed by atoms with Gasteiger partial charge in [0.25, 0.3) is 0 Å². The third-order valence-electron chi connectivity index (χ3n) is 5.50. The van der Waals surface area contributed by atoms with Crippen molar-refractivity contribution < 1.29 is 0 Å². The molecule has 0 bridgehead atoms. The van der Waals surface area contributed by atoms with Gasteiger partial charge in [0.2, 0.25) is 0 Å². The molecule has 25 heavy (non-hydrogen) atoms.